The molecule has 0 heterocycles. The second-order valence-corrected chi connectivity index (χ2v) is 4.60. The van der Waals surface area contributed by atoms with E-state index in [1.165, 1.54) is 6.07 Å². The highest BCUT2D eigenvalue weighted by Gasteiger charge is 2.35. The van der Waals surface area contributed by atoms with E-state index in [9.17, 15) is 25.4 Å². The summed E-state index contributed by atoms with van der Waals surface area (Å²) in [5.41, 5.74) is 4.72. The summed E-state index contributed by atoms with van der Waals surface area (Å²) in [6.07, 6.45) is 0. The number of halogens is 1. The molecule has 1 aromatic rings. The van der Waals surface area contributed by atoms with Crippen LogP contribution in [0.2, 0.25) is 0 Å². The van der Waals surface area contributed by atoms with Gasteiger partial charge < -0.3 is 24.6 Å². The number of nitro benzene ring substituents is 1. The largest absolute Gasteiger partial charge is 0.398 e. The average molecular weight is 383 g/mol. The Morgan fingerprint density at radius 2 is 1.84 bits per heavy atom. The van der Waals surface area contributed by atoms with Gasteiger partial charge in [-0.05, 0) is 0 Å². The lowest BCUT2D eigenvalue weighted by molar-refractivity contribution is -0.384. The molecule has 19 heavy (non-hydrogen) atoms. The SMILES string of the molecule is Nc1cc([N+](=O)[O-])cc(NI)c1C(CO)(CO)CO. The number of nitro groups is 1. The third-order valence-corrected chi connectivity index (χ3v) is 3.49. The van der Waals surface area contributed by atoms with Gasteiger partial charge in [-0.2, -0.15) is 0 Å². The van der Waals surface area contributed by atoms with Crippen molar-refractivity contribution in [3.8, 4) is 0 Å². The zero-order chi connectivity index (χ0) is 14.6. The maximum atomic E-state index is 10.8. The fraction of sp³-hybridized carbons (Fsp3) is 0.400. The predicted octanol–water partition coefficient (Wildman–Crippen LogP) is 0.154. The fourth-order valence-electron chi connectivity index (χ4n) is 1.81. The molecule has 0 aliphatic heterocycles. The van der Waals surface area contributed by atoms with Crippen LogP contribution < -0.4 is 9.26 Å². The van der Waals surface area contributed by atoms with Crippen LogP contribution >= 0.6 is 22.9 Å². The number of nitrogens with two attached hydrogens (primary N) is 1. The molecule has 0 atom stereocenters. The maximum Gasteiger partial charge on any atom is 0.273 e. The number of hydrogen-bond donors (Lipinski definition) is 5. The Hall–Kier alpha value is -1.17. The Balaban J connectivity index is 3.54. The first-order valence-electron chi connectivity index (χ1n) is 5.23. The van der Waals surface area contributed by atoms with Gasteiger partial charge in [-0.25, -0.2) is 0 Å². The third-order valence-electron chi connectivity index (χ3n) is 2.90. The molecule has 0 amide bonds. The molecule has 6 N–H and O–H groups in total. The van der Waals surface area contributed by atoms with Gasteiger partial charge in [0.15, 0.2) is 0 Å². The molecule has 0 saturated heterocycles. The average Bonchev–Trinajstić information content (AvgIpc) is 2.41. The van der Waals surface area contributed by atoms with Crippen molar-refractivity contribution in [3.05, 3.63) is 27.8 Å². The van der Waals surface area contributed by atoms with Crippen LogP contribution in [0.15, 0.2) is 12.1 Å². The molecule has 0 fully saturated rings. The van der Waals surface area contributed by atoms with Gasteiger partial charge >= 0.3 is 0 Å². The van der Waals surface area contributed by atoms with Crippen molar-refractivity contribution < 1.29 is 20.2 Å². The number of non-ortho nitro benzene ring substituents is 1. The monoisotopic (exact) mass is 383 g/mol. The number of hydrogen-bond acceptors (Lipinski definition) is 7. The molecule has 0 aliphatic rings. The fourth-order valence-corrected chi connectivity index (χ4v) is 2.23. The first-order chi connectivity index (χ1) is 8.95. The number of benzene rings is 1. The maximum absolute atomic E-state index is 10.8. The molecule has 9 heteroatoms. The van der Waals surface area contributed by atoms with Crippen molar-refractivity contribution >= 4 is 39.9 Å². The van der Waals surface area contributed by atoms with Crippen molar-refractivity contribution in [1.82, 2.24) is 0 Å². The Labute approximate surface area is 122 Å². The Bertz CT molecular complexity index is 470. The van der Waals surface area contributed by atoms with E-state index in [1.807, 2.05) is 0 Å². The van der Waals surface area contributed by atoms with E-state index < -0.39 is 30.2 Å². The van der Waals surface area contributed by atoms with E-state index in [0.29, 0.717) is 0 Å². The highest BCUT2D eigenvalue weighted by atomic mass is 127. The third kappa shape index (κ3) is 2.88. The zero-order valence-electron chi connectivity index (χ0n) is 9.84. The standard InChI is InChI=1S/C10H14IN3O5/c11-13-8-2-6(14(18)19)1-7(12)9(8)10(3-15,4-16)5-17/h1-2,13,15-17H,3-5,12H2. The summed E-state index contributed by atoms with van der Waals surface area (Å²) in [6, 6.07) is 2.36. The molecule has 0 bridgehead atoms. The van der Waals surface area contributed by atoms with Gasteiger partial charge in [0.05, 0.1) is 58.7 Å². The van der Waals surface area contributed by atoms with Gasteiger partial charge in [0.2, 0.25) is 0 Å². The molecule has 0 spiro atoms. The Kier molecular flexibility index (Phi) is 5.29. The first-order valence-corrected chi connectivity index (χ1v) is 6.31. The zero-order valence-corrected chi connectivity index (χ0v) is 12.0. The number of nitrogen functional groups attached to an aromatic ring is 1. The Morgan fingerprint density at radius 3 is 2.21 bits per heavy atom. The van der Waals surface area contributed by atoms with E-state index in [-0.39, 0.29) is 22.6 Å². The highest BCUT2D eigenvalue weighted by Crippen LogP contribution is 2.38. The van der Waals surface area contributed by atoms with E-state index in [4.69, 9.17) is 5.73 Å². The number of aliphatic hydroxyl groups is 3. The van der Waals surface area contributed by atoms with Crippen molar-refractivity contribution in [3.63, 3.8) is 0 Å². The van der Waals surface area contributed by atoms with Crippen molar-refractivity contribution in [2.75, 3.05) is 29.1 Å². The minimum atomic E-state index is -1.37. The number of nitrogens with zero attached hydrogens (tertiary/aromatic N) is 1. The summed E-state index contributed by atoms with van der Waals surface area (Å²) < 4.78 is 2.69. The molecule has 1 rings (SSSR count). The van der Waals surface area contributed by atoms with Crippen LogP contribution in [0.3, 0.4) is 0 Å². The molecule has 0 aromatic heterocycles. The lowest BCUT2D eigenvalue weighted by atomic mass is 9.80. The summed E-state index contributed by atoms with van der Waals surface area (Å²) >= 11 is 1.75. The van der Waals surface area contributed by atoms with Gasteiger partial charge in [-0.1, -0.05) is 0 Å². The minimum Gasteiger partial charge on any atom is -0.398 e. The van der Waals surface area contributed by atoms with Crippen molar-refractivity contribution in [2.45, 2.75) is 5.41 Å². The van der Waals surface area contributed by atoms with Gasteiger partial charge in [0, 0.05) is 23.4 Å². The molecule has 0 radical (unpaired) electrons. The van der Waals surface area contributed by atoms with E-state index in [1.54, 1.807) is 22.9 Å². The van der Waals surface area contributed by atoms with E-state index in [2.05, 4.69) is 3.53 Å². The number of aliphatic hydroxyl groups excluding tert-OH is 3. The molecular weight excluding hydrogens is 369 g/mol. The van der Waals surface area contributed by atoms with Crippen LogP contribution in [0.4, 0.5) is 17.1 Å². The second-order valence-electron chi connectivity index (χ2n) is 4.06. The normalized spacial score (nSPS) is 11.4. The van der Waals surface area contributed by atoms with Gasteiger partial charge in [0.25, 0.3) is 5.69 Å². The molecule has 0 unspecified atom stereocenters. The summed E-state index contributed by atoms with van der Waals surface area (Å²) in [4.78, 5) is 10.2. The van der Waals surface area contributed by atoms with Crippen LogP contribution in [0, 0.1) is 10.1 Å². The first kappa shape index (κ1) is 15.9. The van der Waals surface area contributed by atoms with Crippen molar-refractivity contribution in [1.29, 1.82) is 0 Å². The smallest absolute Gasteiger partial charge is 0.273 e. The van der Waals surface area contributed by atoms with E-state index >= 15 is 0 Å². The van der Waals surface area contributed by atoms with Crippen LogP contribution in [0.25, 0.3) is 0 Å². The summed E-state index contributed by atoms with van der Waals surface area (Å²) in [6.45, 7) is -1.64. The number of nitrogens with one attached hydrogen (secondary N) is 1. The lowest BCUT2D eigenvalue weighted by Gasteiger charge is -2.30. The summed E-state index contributed by atoms with van der Waals surface area (Å²) in [5, 5.41) is 39.0. The van der Waals surface area contributed by atoms with E-state index in [0.717, 1.165) is 6.07 Å². The van der Waals surface area contributed by atoms with Gasteiger partial charge in [-0.15, -0.1) is 0 Å². The summed E-state index contributed by atoms with van der Waals surface area (Å²) in [7, 11) is 0. The quantitative estimate of drug-likeness (QED) is 0.155. The topological polar surface area (TPSA) is 142 Å². The van der Waals surface area contributed by atoms with Crippen LogP contribution in [0.1, 0.15) is 5.56 Å². The minimum absolute atomic E-state index is 0.0190. The number of rotatable bonds is 6. The molecule has 106 valence electrons. The van der Waals surface area contributed by atoms with Crippen molar-refractivity contribution in [2.24, 2.45) is 0 Å². The molecule has 8 nitrogen and oxygen atoms in total. The van der Waals surface area contributed by atoms with Gasteiger partial charge in [0.1, 0.15) is 0 Å². The highest BCUT2D eigenvalue weighted by molar-refractivity contribution is 14.1. The molecule has 0 aliphatic carbocycles. The van der Waals surface area contributed by atoms with Crippen LogP contribution in [-0.4, -0.2) is 40.1 Å². The van der Waals surface area contributed by atoms with Crippen LogP contribution in [-0.2, 0) is 5.41 Å². The number of anilines is 2. The van der Waals surface area contributed by atoms with Crippen LogP contribution in [0.5, 0.6) is 0 Å². The van der Waals surface area contributed by atoms with Gasteiger partial charge in [-0.3, -0.25) is 10.1 Å². The second kappa shape index (κ2) is 6.32. The Morgan fingerprint density at radius 1 is 1.32 bits per heavy atom. The predicted molar refractivity (Wildman–Crippen MR) is 78.1 cm³/mol. The molecule has 1 aromatic carbocycles. The molecule has 0 saturated carbocycles. The molecular formula is C10H14IN3O5. The lowest BCUT2D eigenvalue weighted by Crippen LogP contribution is -2.40. The summed E-state index contributed by atoms with van der Waals surface area (Å²) in [5.74, 6) is 0.